The van der Waals surface area contributed by atoms with Gasteiger partial charge in [-0.2, -0.15) is 4.31 Å². The number of hydrogen-bond donors (Lipinski definition) is 1. The van der Waals surface area contributed by atoms with Gasteiger partial charge in [0.25, 0.3) is 0 Å². The summed E-state index contributed by atoms with van der Waals surface area (Å²) in [7, 11) is -3.29. The number of rotatable bonds is 6. The number of carbonyl (C=O) groups excluding carboxylic acids is 1. The molecule has 0 heterocycles. The standard InChI is InChI=1S/C13H20N2O3S/c1-11-4-6-13(7-5-11)10-15(19(3,17)18)9-8-14-12(2)16/h4-7H,8-10H2,1-3H3,(H,14,16). The molecule has 1 amide bonds. The van der Waals surface area contributed by atoms with Gasteiger partial charge in [-0.15, -0.1) is 0 Å². The highest BCUT2D eigenvalue weighted by Crippen LogP contribution is 2.09. The van der Waals surface area contributed by atoms with Gasteiger partial charge >= 0.3 is 0 Å². The number of sulfonamides is 1. The minimum absolute atomic E-state index is 0.163. The summed E-state index contributed by atoms with van der Waals surface area (Å²) in [5.41, 5.74) is 2.06. The maximum absolute atomic E-state index is 11.7. The second-order valence-electron chi connectivity index (χ2n) is 4.57. The van der Waals surface area contributed by atoms with E-state index in [2.05, 4.69) is 5.32 Å². The summed E-state index contributed by atoms with van der Waals surface area (Å²) < 4.78 is 24.7. The third-order valence-corrected chi connectivity index (χ3v) is 3.93. The highest BCUT2D eigenvalue weighted by molar-refractivity contribution is 7.88. The van der Waals surface area contributed by atoms with E-state index >= 15 is 0 Å². The molecule has 0 aliphatic heterocycles. The van der Waals surface area contributed by atoms with Gasteiger partial charge in [0.15, 0.2) is 0 Å². The van der Waals surface area contributed by atoms with Crippen molar-refractivity contribution in [3.05, 3.63) is 35.4 Å². The van der Waals surface area contributed by atoms with E-state index in [1.54, 1.807) is 0 Å². The molecule has 1 aromatic rings. The summed E-state index contributed by atoms with van der Waals surface area (Å²) in [5.74, 6) is -0.163. The van der Waals surface area contributed by atoms with Crippen LogP contribution in [0.2, 0.25) is 0 Å². The van der Waals surface area contributed by atoms with Crippen molar-refractivity contribution in [3.63, 3.8) is 0 Å². The van der Waals surface area contributed by atoms with Crippen molar-refractivity contribution in [1.82, 2.24) is 9.62 Å². The lowest BCUT2D eigenvalue weighted by molar-refractivity contribution is -0.118. The predicted octanol–water partition coefficient (Wildman–Crippen LogP) is 0.893. The van der Waals surface area contributed by atoms with E-state index in [9.17, 15) is 13.2 Å². The fraction of sp³-hybridized carbons (Fsp3) is 0.462. The number of aryl methyl sites for hydroxylation is 1. The first-order valence-corrected chi connectivity index (χ1v) is 7.89. The molecule has 0 bridgehead atoms. The normalized spacial score (nSPS) is 11.6. The Morgan fingerprint density at radius 2 is 1.84 bits per heavy atom. The van der Waals surface area contributed by atoms with E-state index < -0.39 is 10.0 Å². The van der Waals surface area contributed by atoms with E-state index in [1.165, 1.54) is 17.5 Å². The molecule has 0 spiro atoms. The van der Waals surface area contributed by atoms with Gasteiger partial charge in [-0.05, 0) is 12.5 Å². The van der Waals surface area contributed by atoms with Crippen LogP contribution in [-0.2, 0) is 21.4 Å². The summed E-state index contributed by atoms with van der Waals surface area (Å²) in [4.78, 5) is 10.8. The smallest absolute Gasteiger partial charge is 0.216 e. The van der Waals surface area contributed by atoms with Crippen molar-refractivity contribution < 1.29 is 13.2 Å². The molecule has 0 atom stereocenters. The fourth-order valence-corrected chi connectivity index (χ4v) is 2.42. The topological polar surface area (TPSA) is 66.5 Å². The van der Waals surface area contributed by atoms with Crippen molar-refractivity contribution in [2.24, 2.45) is 0 Å². The lowest BCUT2D eigenvalue weighted by atomic mass is 10.1. The molecule has 106 valence electrons. The largest absolute Gasteiger partial charge is 0.355 e. The van der Waals surface area contributed by atoms with Crippen LogP contribution in [0, 0.1) is 6.92 Å². The van der Waals surface area contributed by atoms with Crippen LogP contribution in [0.3, 0.4) is 0 Å². The lowest BCUT2D eigenvalue weighted by Crippen LogP contribution is -2.37. The summed E-state index contributed by atoms with van der Waals surface area (Å²) in [5, 5.41) is 2.60. The van der Waals surface area contributed by atoms with Crippen LogP contribution in [0.25, 0.3) is 0 Å². The molecular formula is C13H20N2O3S. The Balaban J connectivity index is 2.70. The third kappa shape index (κ3) is 5.85. The highest BCUT2D eigenvalue weighted by atomic mass is 32.2. The molecular weight excluding hydrogens is 264 g/mol. The van der Waals surface area contributed by atoms with Crippen LogP contribution in [0.1, 0.15) is 18.1 Å². The fourth-order valence-electron chi connectivity index (χ4n) is 1.62. The van der Waals surface area contributed by atoms with Gasteiger partial charge in [0.2, 0.25) is 15.9 Å². The zero-order valence-electron chi connectivity index (χ0n) is 11.5. The Labute approximate surface area is 114 Å². The second kappa shape index (κ2) is 6.68. The van der Waals surface area contributed by atoms with E-state index in [0.717, 1.165) is 11.1 Å². The van der Waals surface area contributed by atoms with Crippen LogP contribution >= 0.6 is 0 Å². The van der Waals surface area contributed by atoms with E-state index in [1.807, 2.05) is 31.2 Å². The van der Waals surface area contributed by atoms with Crippen LogP contribution in [0.5, 0.6) is 0 Å². The van der Waals surface area contributed by atoms with Crippen molar-refractivity contribution in [1.29, 1.82) is 0 Å². The van der Waals surface area contributed by atoms with Crippen LogP contribution in [0.15, 0.2) is 24.3 Å². The predicted molar refractivity (Wildman–Crippen MR) is 75.1 cm³/mol. The molecule has 0 radical (unpaired) electrons. The first kappa shape index (κ1) is 15.7. The summed E-state index contributed by atoms with van der Waals surface area (Å²) in [6.45, 7) is 4.29. The Morgan fingerprint density at radius 1 is 1.26 bits per heavy atom. The third-order valence-electron chi connectivity index (χ3n) is 2.68. The van der Waals surface area contributed by atoms with Gasteiger partial charge in [0, 0.05) is 26.6 Å². The van der Waals surface area contributed by atoms with Crippen molar-refractivity contribution in [3.8, 4) is 0 Å². The Bertz CT molecular complexity index is 523. The summed E-state index contributed by atoms with van der Waals surface area (Å²) in [6, 6.07) is 7.71. The lowest BCUT2D eigenvalue weighted by Gasteiger charge is -2.20. The van der Waals surface area contributed by atoms with Gasteiger partial charge in [0.05, 0.1) is 6.26 Å². The molecule has 0 aliphatic carbocycles. The number of benzene rings is 1. The van der Waals surface area contributed by atoms with Crippen molar-refractivity contribution in [2.45, 2.75) is 20.4 Å². The molecule has 5 nitrogen and oxygen atoms in total. The SMILES string of the molecule is CC(=O)NCCN(Cc1ccc(C)cc1)S(C)(=O)=O. The van der Waals surface area contributed by atoms with E-state index in [4.69, 9.17) is 0 Å². The molecule has 1 aromatic carbocycles. The molecule has 0 fully saturated rings. The first-order chi connectivity index (χ1) is 8.79. The molecule has 19 heavy (non-hydrogen) atoms. The monoisotopic (exact) mass is 284 g/mol. The van der Waals surface area contributed by atoms with E-state index in [0.29, 0.717) is 13.1 Å². The Hall–Kier alpha value is -1.40. The number of hydrogen-bond acceptors (Lipinski definition) is 3. The van der Waals surface area contributed by atoms with Crippen molar-refractivity contribution in [2.75, 3.05) is 19.3 Å². The number of nitrogens with one attached hydrogen (secondary N) is 1. The zero-order valence-corrected chi connectivity index (χ0v) is 12.3. The van der Waals surface area contributed by atoms with Gasteiger partial charge in [-0.3, -0.25) is 4.79 Å². The molecule has 0 saturated heterocycles. The van der Waals surface area contributed by atoms with Crippen LogP contribution in [0.4, 0.5) is 0 Å². The maximum Gasteiger partial charge on any atom is 0.216 e. The molecule has 1 N–H and O–H groups in total. The molecule has 0 aliphatic rings. The molecule has 0 aromatic heterocycles. The van der Waals surface area contributed by atoms with Gasteiger partial charge in [-0.25, -0.2) is 8.42 Å². The summed E-state index contributed by atoms with van der Waals surface area (Å²) in [6.07, 6.45) is 1.18. The van der Waals surface area contributed by atoms with Gasteiger partial charge in [-0.1, -0.05) is 29.8 Å². The number of carbonyl (C=O) groups is 1. The van der Waals surface area contributed by atoms with Crippen molar-refractivity contribution >= 4 is 15.9 Å². The molecule has 0 unspecified atom stereocenters. The Morgan fingerprint density at radius 3 is 2.32 bits per heavy atom. The Kier molecular flexibility index (Phi) is 5.50. The maximum atomic E-state index is 11.7. The first-order valence-electron chi connectivity index (χ1n) is 6.04. The minimum Gasteiger partial charge on any atom is -0.355 e. The van der Waals surface area contributed by atoms with E-state index in [-0.39, 0.29) is 12.5 Å². The van der Waals surface area contributed by atoms with Crippen LogP contribution < -0.4 is 5.32 Å². The molecule has 1 rings (SSSR count). The van der Waals surface area contributed by atoms with Gasteiger partial charge in [0.1, 0.15) is 0 Å². The minimum atomic E-state index is -3.29. The number of amides is 1. The average molecular weight is 284 g/mol. The highest BCUT2D eigenvalue weighted by Gasteiger charge is 2.16. The van der Waals surface area contributed by atoms with Gasteiger partial charge < -0.3 is 5.32 Å². The second-order valence-corrected chi connectivity index (χ2v) is 6.55. The zero-order chi connectivity index (χ0) is 14.5. The number of nitrogens with zero attached hydrogens (tertiary/aromatic N) is 1. The summed E-state index contributed by atoms with van der Waals surface area (Å²) >= 11 is 0. The quantitative estimate of drug-likeness (QED) is 0.843. The molecule has 6 heteroatoms. The average Bonchev–Trinajstić information content (AvgIpc) is 2.28. The molecule has 0 saturated carbocycles. The van der Waals surface area contributed by atoms with Crippen LogP contribution in [-0.4, -0.2) is 38.0 Å².